The Kier molecular flexibility index (Phi) is 5.36. The topological polar surface area (TPSA) is 66.9 Å². The molecule has 0 atom stereocenters. The molecule has 0 aliphatic carbocycles. The molecule has 3 rings (SSSR count). The van der Waals surface area contributed by atoms with E-state index in [0.717, 1.165) is 11.1 Å². The molecule has 126 valence electrons. The first-order chi connectivity index (χ1) is 12.2. The molecule has 0 saturated heterocycles. The van der Waals surface area contributed by atoms with Crippen LogP contribution in [0.25, 0.3) is 0 Å². The lowest BCUT2D eigenvalue weighted by atomic mass is 10.1. The van der Waals surface area contributed by atoms with E-state index < -0.39 is 0 Å². The summed E-state index contributed by atoms with van der Waals surface area (Å²) in [7, 11) is 0. The maximum atomic E-state index is 12.1. The van der Waals surface area contributed by atoms with Gasteiger partial charge in [-0.1, -0.05) is 60.2 Å². The third-order valence-corrected chi connectivity index (χ3v) is 3.79. The first-order valence-corrected chi connectivity index (χ1v) is 8.16. The van der Waals surface area contributed by atoms with Crippen LogP contribution < -0.4 is 10.6 Å². The van der Waals surface area contributed by atoms with Gasteiger partial charge in [-0.25, -0.2) is 0 Å². The Hall–Kier alpha value is -3.21. The van der Waals surface area contributed by atoms with Gasteiger partial charge in [-0.2, -0.15) is 0 Å². The number of nitrogens with zero attached hydrogens (tertiary/aromatic N) is 2. The average Bonchev–Trinajstić information content (AvgIpc) is 2.67. The molecule has 0 bridgehead atoms. The highest BCUT2D eigenvalue weighted by molar-refractivity contribution is 5.92. The zero-order valence-corrected chi connectivity index (χ0v) is 14.1. The number of hydrogen-bond acceptors (Lipinski definition) is 4. The smallest absolute Gasteiger partial charge is 0.272 e. The van der Waals surface area contributed by atoms with Crippen LogP contribution in [-0.2, 0) is 13.1 Å². The summed E-state index contributed by atoms with van der Waals surface area (Å²) in [6.07, 6.45) is 0. The third-order valence-electron chi connectivity index (χ3n) is 3.79. The minimum atomic E-state index is -0.234. The summed E-state index contributed by atoms with van der Waals surface area (Å²) in [6, 6.07) is 21.5. The molecule has 0 unspecified atom stereocenters. The van der Waals surface area contributed by atoms with Crippen LogP contribution in [0.4, 0.5) is 5.82 Å². The van der Waals surface area contributed by atoms with Crippen LogP contribution in [0.5, 0.6) is 0 Å². The Morgan fingerprint density at radius 1 is 0.840 bits per heavy atom. The van der Waals surface area contributed by atoms with E-state index in [1.54, 1.807) is 12.1 Å². The van der Waals surface area contributed by atoms with Gasteiger partial charge in [-0.3, -0.25) is 4.79 Å². The number of nitrogens with one attached hydrogen (secondary N) is 2. The minimum Gasteiger partial charge on any atom is -0.365 e. The lowest BCUT2D eigenvalue weighted by Crippen LogP contribution is -2.24. The third kappa shape index (κ3) is 4.88. The van der Waals surface area contributed by atoms with Crippen molar-refractivity contribution in [3.8, 4) is 0 Å². The SMILES string of the molecule is Cc1ccc(CNC(=O)c2ccc(NCc3ccccc3)nn2)cc1. The molecule has 0 radical (unpaired) electrons. The molecule has 0 aliphatic rings. The van der Waals surface area contributed by atoms with Gasteiger partial charge in [0.1, 0.15) is 5.82 Å². The number of aromatic nitrogens is 2. The van der Waals surface area contributed by atoms with Gasteiger partial charge in [-0.15, -0.1) is 10.2 Å². The maximum Gasteiger partial charge on any atom is 0.272 e. The van der Waals surface area contributed by atoms with E-state index in [2.05, 4.69) is 20.8 Å². The molecule has 0 fully saturated rings. The number of anilines is 1. The molecule has 2 N–H and O–H groups in total. The Balaban J connectivity index is 1.52. The molecule has 5 nitrogen and oxygen atoms in total. The van der Waals surface area contributed by atoms with Crippen molar-refractivity contribution in [3.05, 3.63) is 89.1 Å². The predicted octanol–water partition coefficient (Wildman–Crippen LogP) is 3.33. The quantitative estimate of drug-likeness (QED) is 0.726. The fourth-order valence-corrected chi connectivity index (χ4v) is 2.31. The number of carbonyl (C=O) groups is 1. The summed E-state index contributed by atoms with van der Waals surface area (Å²) in [4.78, 5) is 12.1. The fourth-order valence-electron chi connectivity index (χ4n) is 2.31. The number of aryl methyl sites for hydroxylation is 1. The fraction of sp³-hybridized carbons (Fsp3) is 0.150. The lowest BCUT2D eigenvalue weighted by Gasteiger charge is -2.07. The van der Waals surface area contributed by atoms with E-state index >= 15 is 0 Å². The molecule has 0 saturated carbocycles. The lowest BCUT2D eigenvalue weighted by molar-refractivity contribution is 0.0945. The first kappa shape index (κ1) is 16.6. The molecule has 25 heavy (non-hydrogen) atoms. The van der Waals surface area contributed by atoms with Crippen LogP contribution in [0.2, 0.25) is 0 Å². The van der Waals surface area contributed by atoms with Crippen molar-refractivity contribution in [1.29, 1.82) is 0 Å². The molecule has 1 amide bonds. The van der Waals surface area contributed by atoms with E-state index in [1.165, 1.54) is 5.56 Å². The van der Waals surface area contributed by atoms with Gasteiger partial charge in [0.05, 0.1) is 0 Å². The number of benzene rings is 2. The van der Waals surface area contributed by atoms with Crippen LogP contribution in [0, 0.1) is 6.92 Å². The van der Waals surface area contributed by atoms with Crippen molar-refractivity contribution in [1.82, 2.24) is 15.5 Å². The number of rotatable bonds is 6. The van der Waals surface area contributed by atoms with Crippen molar-refractivity contribution in [2.45, 2.75) is 20.0 Å². The molecule has 5 heteroatoms. The van der Waals surface area contributed by atoms with E-state index in [-0.39, 0.29) is 5.91 Å². The van der Waals surface area contributed by atoms with Crippen molar-refractivity contribution in [3.63, 3.8) is 0 Å². The van der Waals surface area contributed by atoms with E-state index in [4.69, 9.17) is 0 Å². The first-order valence-electron chi connectivity index (χ1n) is 8.16. The summed E-state index contributed by atoms with van der Waals surface area (Å²) < 4.78 is 0. The molecule has 1 aromatic heterocycles. The summed E-state index contributed by atoms with van der Waals surface area (Å²) in [6.45, 7) is 3.16. The zero-order valence-electron chi connectivity index (χ0n) is 14.1. The molecule has 3 aromatic rings. The largest absolute Gasteiger partial charge is 0.365 e. The Morgan fingerprint density at radius 2 is 1.56 bits per heavy atom. The molecule has 2 aromatic carbocycles. The van der Waals surface area contributed by atoms with Crippen molar-refractivity contribution in [2.75, 3.05) is 5.32 Å². The van der Waals surface area contributed by atoms with Gasteiger partial charge in [0.25, 0.3) is 5.91 Å². The second-order valence-electron chi connectivity index (χ2n) is 5.81. The number of carbonyl (C=O) groups excluding carboxylic acids is 1. The van der Waals surface area contributed by atoms with Gasteiger partial charge < -0.3 is 10.6 Å². The highest BCUT2D eigenvalue weighted by atomic mass is 16.1. The summed E-state index contributed by atoms with van der Waals surface area (Å²) in [5.74, 6) is 0.404. The van der Waals surface area contributed by atoms with Crippen LogP contribution in [0.1, 0.15) is 27.2 Å². The zero-order chi connectivity index (χ0) is 17.5. The van der Waals surface area contributed by atoms with Gasteiger partial charge in [-0.05, 0) is 30.2 Å². The second-order valence-corrected chi connectivity index (χ2v) is 5.81. The van der Waals surface area contributed by atoms with Crippen LogP contribution in [0.15, 0.2) is 66.7 Å². The predicted molar refractivity (Wildman–Crippen MR) is 98.1 cm³/mol. The minimum absolute atomic E-state index is 0.234. The molecule has 0 aliphatic heterocycles. The molecule has 0 spiro atoms. The van der Waals surface area contributed by atoms with Crippen molar-refractivity contribution in [2.24, 2.45) is 0 Å². The van der Waals surface area contributed by atoms with E-state index in [1.807, 2.05) is 61.5 Å². The maximum absolute atomic E-state index is 12.1. The average molecular weight is 332 g/mol. The molecular weight excluding hydrogens is 312 g/mol. The Morgan fingerprint density at radius 3 is 2.24 bits per heavy atom. The normalized spacial score (nSPS) is 10.3. The van der Waals surface area contributed by atoms with Gasteiger partial charge in [0.15, 0.2) is 5.69 Å². The highest BCUT2D eigenvalue weighted by Crippen LogP contribution is 2.07. The van der Waals surface area contributed by atoms with Gasteiger partial charge in [0.2, 0.25) is 0 Å². The van der Waals surface area contributed by atoms with E-state index in [0.29, 0.717) is 24.6 Å². The Bertz CT molecular complexity index is 815. The van der Waals surface area contributed by atoms with Crippen molar-refractivity contribution < 1.29 is 4.79 Å². The number of hydrogen-bond donors (Lipinski definition) is 2. The monoisotopic (exact) mass is 332 g/mol. The highest BCUT2D eigenvalue weighted by Gasteiger charge is 2.08. The van der Waals surface area contributed by atoms with Gasteiger partial charge >= 0.3 is 0 Å². The van der Waals surface area contributed by atoms with Crippen molar-refractivity contribution >= 4 is 11.7 Å². The standard InChI is InChI=1S/C20H20N4O/c1-15-7-9-17(10-8-15)14-22-20(25)18-11-12-19(24-23-18)21-13-16-5-3-2-4-6-16/h2-12H,13-14H2,1H3,(H,21,24)(H,22,25). The second kappa shape index (κ2) is 8.06. The van der Waals surface area contributed by atoms with Gasteiger partial charge in [0, 0.05) is 13.1 Å². The molecule has 1 heterocycles. The summed E-state index contributed by atoms with van der Waals surface area (Å²) in [5, 5.41) is 14.1. The Labute approximate surface area is 147 Å². The van der Waals surface area contributed by atoms with Crippen LogP contribution in [-0.4, -0.2) is 16.1 Å². The van der Waals surface area contributed by atoms with E-state index in [9.17, 15) is 4.79 Å². The van der Waals surface area contributed by atoms with Crippen LogP contribution in [0.3, 0.4) is 0 Å². The molecular formula is C20H20N4O. The van der Waals surface area contributed by atoms with Crippen LogP contribution >= 0.6 is 0 Å². The summed E-state index contributed by atoms with van der Waals surface area (Å²) >= 11 is 0. The number of amides is 1. The summed E-state index contributed by atoms with van der Waals surface area (Å²) in [5.41, 5.74) is 3.70.